The number of cyclic esters (lactones) is 1. The standard InChI is InChI=1S/C23H20N2O5.C10H13F3O2.C2H6/c1-2-23(30-13-26)9-15-8-19-21-16(7-14-5-3-4-6-18(14)24-21)11-25(19)22(28)17(15)12-29-20(27)10-23;1-4-8(14-3)6-7-9(5-2)15-10(11,12)13;1-2/h3-8,13H,2,9-12H2,1H3;4-7H,1-3H3;1-2H3/b;7-6-,8-4+,9-5+;. The molecular formula is C35H39F3N2O7. The monoisotopic (exact) mass is 656 g/mol. The molecule has 1 unspecified atom stereocenters. The first-order valence-electron chi connectivity index (χ1n) is 15.2. The summed E-state index contributed by atoms with van der Waals surface area (Å²) in [6, 6.07) is 11.8. The molecule has 0 N–H and O–H groups in total. The van der Waals surface area contributed by atoms with Crippen LogP contribution in [-0.4, -0.2) is 41.1 Å². The van der Waals surface area contributed by atoms with Crippen LogP contribution in [0.5, 0.6) is 0 Å². The maximum Gasteiger partial charge on any atom is 0.573 e. The van der Waals surface area contributed by atoms with Gasteiger partial charge in [0.05, 0.1) is 42.5 Å². The van der Waals surface area contributed by atoms with Gasteiger partial charge >= 0.3 is 12.3 Å². The summed E-state index contributed by atoms with van der Waals surface area (Å²) >= 11 is 0. The second-order valence-electron chi connectivity index (χ2n) is 10.3. The molecule has 12 heteroatoms. The Morgan fingerprint density at radius 3 is 2.34 bits per heavy atom. The molecule has 0 fully saturated rings. The van der Waals surface area contributed by atoms with Crippen molar-refractivity contribution in [3.63, 3.8) is 0 Å². The number of carbonyl (C=O) groups excluding carboxylic acids is 2. The number of hydrogen-bond acceptors (Lipinski definition) is 8. The van der Waals surface area contributed by atoms with Gasteiger partial charge in [0.1, 0.15) is 23.7 Å². The number of hydrogen-bond donors (Lipinski definition) is 0. The van der Waals surface area contributed by atoms with Crippen molar-refractivity contribution >= 4 is 23.3 Å². The zero-order valence-electron chi connectivity index (χ0n) is 27.3. The van der Waals surface area contributed by atoms with Gasteiger partial charge in [-0.2, -0.15) is 0 Å². The summed E-state index contributed by atoms with van der Waals surface area (Å²) in [5, 5.41) is 1.02. The Morgan fingerprint density at radius 2 is 1.72 bits per heavy atom. The Hall–Kier alpha value is -4.87. The van der Waals surface area contributed by atoms with Crippen molar-refractivity contribution in [1.29, 1.82) is 0 Å². The molecule has 2 aliphatic heterocycles. The molecule has 0 amide bonds. The molecule has 2 aromatic heterocycles. The summed E-state index contributed by atoms with van der Waals surface area (Å²) in [6.07, 6.45) is 1.41. The van der Waals surface area contributed by atoms with Crippen LogP contribution in [0.15, 0.2) is 77.0 Å². The summed E-state index contributed by atoms with van der Waals surface area (Å²) in [5.74, 6) is -0.301. The lowest BCUT2D eigenvalue weighted by Crippen LogP contribution is -2.40. The fourth-order valence-electron chi connectivity index (χ4n) is 5.24. The van der Waals surface area contributed by atoms with E-state index in [1.165, 1.54) is 32.3 Å². The molecule has 47 heavy (non-hydrogen) atoms. The SMILES string of the molecule is CC.CCC1(OC=O)CC(=O)OCc2c(cc3n(c2=O)Cc2cc4ccccc4nc2-3)C1.C\C=C(/C=C\C(=C/C)OC(F)(F)F)OC. The summed E-state index contributed by atoms with van der Waals surface area (Å²) in [6.45, 7) is 9.71. The fraction of sp³-hybridized carbons (Fsp3) is 0.371. The van der Waals surface area contributed by atoms with Gasteiger partial charge in [-0.05, 0) is 68.3 Å². The first-order chi connectivity index (χ1) is 22.5. The van der Waals surface area contributed by atoms with Gasteiger partial charge < -0.3 is 23.5 Å². The predicted molar refractivity (Wildman–Crippen MR) is 171 cm³/mol. The third-order valence-corrected chi connectivity index (χ3v) is 7.62. The summed E-state index contributed by atoms with van der Waals surface area (Å²) in [4.78, 5) is 41.5. The lowest BCUT2D eigenvalue weighted by Gasteiger charge is -2.32. The van der Waals surface area contributed by atoms with Gasteiger partial charge in [0, 0.05) is 17.4 Å². The largest absolute Gasteiger partial charge is 0.573 e. The lowest BCUT2D eigenvalue weighted by atomic mass is 9.86. The molecule has 1 aromatic carbocycles. The normalized spacial score (nSPS) is 17.4. The average molecular weight is 657 g/mol. The minimum atomic E-state index is -4.67. The molecule has 5 rings (SSSR count). The van der Waals surface area contributed by atoms with E-state index < -0.39 is 17.9 Å². The van der Waals surface area contributed by atoms with Crippen LogP contribution >= 0.6 is 0 Å². The number of methoxy groups -OCH3 is 1. The van der Waals surface area contributed by atoms with Crippen LogP contribution in [0.4, 0.5) is 13.2 Å². The zero-order valence-corrected chi connectivity index (χ0v) is 27.3. The Balaban J connectivity index is 0.000000301. The summed E-state index contributed by atoms with van der Waals surface area (Å²) in [7, 11) is 1.43. The number of carbonyl (C=O) groups is 2. The third-order valence-electron chi connectivity index (χ3n) is 7.62. The van der Waals surface area contributed by atoms with Crippen LogP contribution in [0.3, 0.4) is 0 Å². The zero-order chi connectivity index (χ0) is 34.8. The van der Waals surface area contributed by atoms with E-state index >= 15 is 0 Å². The van der Waals surface area contributed by atoms with Crippen LogP contribution in [0.25, 0.3) is 22.3 Å². The molecule has 0 aliphatic carbocycles. The maximum absolute atomic E-state index is 13.3. The van der Waals surface area contributed by atoms with E-state index in [-0.39, 0.29) is 30.8 Å². The molecule has 0 saturated carbocycles. The van der Waals surface area contributed by atoms with Gasteiger partial charge in [-0.3, -0.25) is 14.4 Å². The van der Waals surface area contributed by atoms with Gasteiger partial charge in [-0.15, -0.1) is 13.2 Å². The highest BCUT2D eigenvalue weighted by atomic mass is 19.4. The third kappa shape index (κ3) is 8.90. The van der Waals surface area contributed by atoms with E-state index in [1.54, 1.807) is 17.6 Å². The molecule has 4 heterocycles. The molecule has 2 aliphatic rings. The first-order valence-corrected chi connectivity index (χ1v) is 15.2. The van der Waals surface area contributed by atoms with Gasteiger partial charge in [0.2, 0.25) is 0 Å². The maximum atomic E-state index is 13.3. The predicted octanol–water partition coefficient (Wildman–Crippen LogP) is 7.30. The van der Waals surface area contributed by atoms with Crippen molar-refractivity contribution < 1.29 is 41.7 Å². The summed E-state index contributed by atoms with van der Waals surface area (Å²) in [5.41, 5.74) is 3.29. The molecule has 3 aromatic rings. The van der Waals surface area contributed by atoms with E-state index in [2.05, 4.69) is 10.8 Å². The molecule has 9 nitrogen and oxygen atoms in total. The number of halogens is 3. The Bertz CT molecular complexity index is 1740. The Morgan fingerprint density at radius 1 is 1.04 bits per heavy atom. The molecule has 0 spiro atoms. The molecule has 252 valence electrons. The van der Waals surface area contributed by atoms with Crippen LogP contribution < -0.4 is 5.56 Å². The molecule has 0 radical (unpaired) electrons. The number of para-hydroxylation sites is 1. The van der Waals surface area contributed by atoms with Crippen molar-refractivity contribution in [3.05, 3.63) is 99.3 Å². The Kier molecular flexibility index (Phi) is 12.5. The number of fused-ring (bicyclic) bond motifs is 5. The topological polar surface area (TPSA) is 106 Å². The van der Waals surface area contributed by atoms with Gasteiger partial charge in [0.15, 0.2) is 0 Å². The lowest BCUT2D eigenvalue weighted by molar-refractivity contribution is -0.303. The van der Waals surface area contributed by atoms with Gasteiger partial charge in [-0.25, -0.2) is 4.98 Å². The van der Waals surface area contributed by atoms with Gasteiger partial charge in [-0.1, -0.05) is 39.0 Å². The second kappa shape index (κ2) is 16.1. The first kappa shape index (κ1) is 36.6. The number of nitrogens with zero attached hydrogens (tertiary/aromatic N) is 2. The van der Waals surface area contributed by atoms with Crippen LogP contribution in [0, 0.1) is 0 Å². The minimum absolute atomic E-state index is 0.0421. The van der Waals surface area contributed by atoms with E-state index in [1.807, 2.05) is 51.1 Å². The van der Waals surface area contributed by atoms with Crippen molar-refractivity contribution in [3.8, 4) is 11.4 Å². The smallest absolute Gasteiger partial charge is 0.497 e. The molecule has 1 atom stereocenters. The van der Waals surface area contributed by atoms with E-state index in [0.717, 1.165) is 33.4 Å². The van der Waals surface area contributed by atoms with Crippen LogP contribution in [0.1, 0.15) is 64.2 Å². The fourth-order valence-corrected chi connectivity index (χ4v) is 5.24. The number of aromatic nitrogens is 2. The number of benzene rings is 1. The Labute approximate surface area is 271 Å². The van der Waals surface area contributed by atoms with E-state index in [4.69, 9.17) is 19.2 Å². The van der Waals surface area contributed by atoms with E-state index in [0.29, 0.717) is 30.8 Å². The number of alkyl halides is 3. The van der Waals surface area contributed by atoms with Crippen molar-refractivity contribution in [2.75, 3.05) is 7.11 Å². The number of ether oxygens (including phenoxy) is 4. The van der Waals surface area contributed by atoms with Crippen molar-refractivity contribution in [2.45, 2.75) is 79.0 Å². The summed E-state index contributed by atoms with van der Waals surface area (Å²) < 4.78 is 56.4. The minimum Gasteiger partial charge on any atom is -0.497 e. The second-order valence-corrected chi connectivity index (χ2v) is 10.3. The highest BCUT2D eigenvalue weighted by Gasteiger charge is 2.38. The highest BCUT2D eigenvalue weighted by molar-refractivity contribution is 5.84. The van der Waals surface area contributed by atoms with Crippen molar-refractivity contribution in [1.82, 2.24) is 9.55 Å². The van der Waals surface area contributed by atoms with Crippen LogP contribution in [0.2, 0.25) is 0 Å². The molecular weight excluding hydrogens is 617 g/mol. The average Bonchev–Trinajstić information content (AvgIpc) is 3.40. The van der Waals surface area contributed by atoms with E-state index in [9.17, 15) is 27.6 Å². The quantitative estimate of drug-likeness (QED) is 0.0884. The van der Waals surface area contributed by atoms with Crippen molar-refractivity contribution in [2.24, 2.45) is 0 Å². The number of esters is 1. The highest BCUT2D eigenvalue weighted by Crippen LogP contribution is 2.35. The molecule has 0 saturated heterocycles. The molecule has 0 bridgehead atoms. The number of rotatable bonds is 7. The van der Waals surface area contributed by atoms with Gasteiger partial charge in [0.25, 0.3) is 12.0 Å². The van der Waals surface area contributed by atoms with Crippen LogP contribution in [-0.2, 0) is 48.1 Å². The number of pyridine rings is 2. The number of allylic oxidation sites excluding steroid dienone is 4.